The van der Waals surface area contributed by atoms with E-state index < -0.39 is 11.5 Å². The standard InChI is InChI=1S/C27H32N4O4.C2H6/c1-27(2,3)35-26(33)30-15-7-8-18(16-30)22-17-31(24(23(22)28)25(29)32)19-11-13-21(14-12-19)34-20-9-5-4-6-10-20;1-2/h4-6,9-14,17-18H,7-8,15-16,28H2,1-3H3,(H2,29,32);1-2H3. The highest BCUT2D eigenvalue weighted by Crippen LogP contribution is 2.36. The molecular formula is C29H38N4O4. The molecule has 1 aliphatic rings. The summed E-state index contributed by atoms with van der Waals surface area (Å²) in [5, 5.41) is 0. The first kappa shape index (κ1) is 27.6. The van der Waals surface area contributed by atoms with E-state index in [9.17, 15) is 9.59 Å². The summed E-state index contributed by atoms with van der Waals surface area (Å²) in [6.45, 7) is 10.6. The van der Waals surface area contributed by atoms with E-state index in [1.54, 1.807) is 9.47 Å². The van der Waals surface area contributed by atoms with E-state index in [-0.39, 0.29) is 17.7 Å². The predicted octanol–water partition coefficient (Wildman–Crippen LogP) is 6.09. The number of hydrogen-bond acceptors (Lipinski definition) is 5. The largest absolute Gasteiger partial charge is 0.457 e. The average molecular weight is 507 g/mol. The summed E-state index contributed by atoms with van der Waals surface area (Å²) in [5.41, 5.74) is 13.7. The van der Waals surface area contributed by atoms with Gasteiger partial charge in [0.05, 0.1) is 5.69 Å². The summed E-state index contributed by atoms with van der Waals surface area (Å²) in [6, 6.07) is 16.8. The third-order valence-electron chi connectivity index (χ3n) is 5.92. The van der Waals surface area contributed by atoms with Crippen molar-refractivity contribution in [2.24, 2.45) is 5.73 Å². The van der Waals surface area contributed by atoms with Crippen LogP contribution in [0.25, 0.3) is 5.69 Å². The SMILES string of the molecule is CC.CC(C)(C)OC(=O)N1CCCC(c2cn(-c3ccc(Oc4ccccc4)cc3)c(C(N)=O)c2N)C1. The first-order valence-corrected chi connectivity index (χ1v) is 12.7. The van der Waals surface area contributed by atoms with Crippen molar-refractivity contribution in [3.05, 3.63) is 72.1 Å². The van der Waals surface area contributed by atoms with Crippen LogP contribution in [0.15, 0.2) is 60.8 Å². The molecule has 2 heterocycles. The second-order valence-corrected chi connectivity index (χ2v) is 9.76. The van der Waals surface area contributed by atoms with E-state index in [4.69, 9.17) is 20.9 Å². The zero-order chi connectivity index (χ0) is 27.2. The number of primary amides is 1. The van der Waals surface area contributed by atoms with Gasteiger partial charge in [-0.2, -0.15) is 0 Å². The molecule has 1 aromatic heterocycles. The molecule has 3 aromatic rings. The van der Waals surface area contributed by atoms with Gasteiger partial charge in [-0.1, -0.05) is 32.0 Å². The number of para-hydroxylation sites is 1. The fraction of sp³-hybridized carbons (Fsp3) is 0.379. The van der Waals surface area contributed by atoms with Gasteiger partial charge in [-0.05, 0) is 75.6 Å². The highest BCUT2D eigenvalue weighted by atomic mass is 16.6. The number of carbonyl (C=O) groups is 2. The van der Waals surface area contributed by atoms with Gasteiger partial charge in [0.1, 0.15) is 22.8 Å². The number of nitrogens with zero attached hydrogens (tertiary/aromatic N) is 2. The number of hydrogen-bond donors (Lipinski definition) is 2. The Bertz CT molecular complexity index is 1200. The molecule has 1 fully saturated rings. The van der Waals surface area contributed by atoms with E-state index in [0.29, 0.717) is 24.5 Å². The number of piperidine rings is 1. The zero-order valence-electron chi connectivity index (χ0n) is 22.4. The van der Waals surface area contributed by atoms with Crippen LogP contribution < -0.4 is 16.2 Å². The fourth-order valence-electron chi connectivity index (χ4n) is 4.34. The number of nitrogens with two attached hydrogens (primary N) is 2. The average Bonchev–Trinajstić information content (AvgIpc) is 3.23. The highest BCUT2D eigenvalue weighted by Gasteiger charge is 2.31. The van der Waals surface area contributed by atoms with Crippen LogP contribution in [0.2, 0.25) is 0 Å². The minimum Gasteiger partial charge on any atom is -0.457 e. The summed E-state index contributed by atoms with van der Waals surface area (Å²) in [5.74, 6) is 0.757. The van der Waals surface area contributed by atoms with Crippen molar-refractivity contribution in [1.29, 1.82) is 0 Å². The number of rotatable bonds is 5. The number of nitrogen functional groups attached to an aromatic ring is 1. The van der Waals surface area contributed by atoms with Crippen molar-refractivity contribution < 1.29 is 19.1 Å². The van der Waals surface area contributed by atoms with Crippen LogP contribution in [-0.4, -0.2) is 40.2 Å². The van der Waals surface area contributed by atoms with E-state index in [2.05, 4.69) is 0 Å². The van der Waals surface area contributed by atoms with Crippen molar-refractivity contribution >= 4 is 17.7 Å². The van der Waals surface area contributed by atoms with Gasteiger partial charge in [0.25, 0.3) is 5.91 Å². The molecule has 1 unspecified atom stereocenters. The zero-order valence-corrected chi connectivity index (χ0v) is 22.4. The molecule has 2 amide bonds. The number of likely N-dealkylation sites (tertiary alicyclic amines) is 1. The second-order valence-electron chi connectivity index (χ2n) is 9.76. The van der Waals surface area contributed by atoms with Gasteiger partial charge in [0, 0.05) is 30.9 Å². The van der Waals surface area contributed by atoms with Crippen LogP contribution in [0.4, 0.5) is 10.5 Å². The van der Waals surface area contributed by atoms with E-state index in [1.165, 1.54) is 0 Å². The number of benzene rings is 2. The topological polar surface area (TPSA) is 113 Å². The molecule has 8 nitrogen and oxygen atoms in total. The molecule has 1 atom stereocenters. The molecule has 0 radical (unpaired) electrons. The van der Waals surface area contributed by atoms with Gasteiger partial charge in [-0.25, -0.2) is 4.79 Å². The maximum absolute atomic E-state index is 12.6. The Morgan fingerprint density at radius 2 is 1.59 bits per heavy atom. The van der Waals surface area contributed by atoms with E-state index in [1.807, 2.05) is 95.4 Å². The molecule has 198 valence electrons. The molecule has 4 rings (SSSR count). The van der Waals surface area contributed by atoms with Gasteiger partial charge < -0.3 is 30.4 Å². The van der Waals surface area contributed by atoms with Crippen molar-refractivity contribution in [3.8, 4) is 17.2 Å². The molecular weight excluding hydrogens is 468 g/mol. The summed E-state index contributed by atoms with van der Waals surface area (Å²) < 4.78 is 13.1. The molecule has 4 N–H and O–H groups in total. The monoisotopic (exact) mass is 506 g/mol. The minimum absolute atomic E-state index is 0.0312. The van der Waals surface area contributed by atoms with Crippen LogP contribution in [0.1, 0.15) is 69.4 Å². The van der Waals surface area contributed by atoms with E-state index in [0.717, 1.165) is 29.8 Å². The second kappa shape index (κ2) is 11.9. The number of aromatic nitrogens is 1. The minimum atomic E-state index is -0.613. The maximum atomic E-state index is 12.6. The summed E-state index contributed by atoms with van der Waals surface area (Å²) >= 11 is 0. The summed E-state index contributed by atoms with van der Waals surface area (Å²) in [4.78, 5) is 26.7. The van der Waals surface area contributed by atoms with Crippen LogP contribution in [0.3, 0.4) is 0 Å². The normalized spacial score (nSPS) is 15.4. The van der Waals surface area contributed by atoms with Crippen molar-refractivity contribution in [2.75, 3.05) is 18.8 Å². The third-order valence-corrected chi connectivity index (χ3v) is 5.92. The van der Waals surface area contributed by atoms with Crippen LogP contribution in [0.5, 0.6) is 11.5 Å². The predicted molar refractivity (Wildman–Crippen MR) is 146 cm³/mol. The highest BCUT2D eigenvalue weighted by molar-refractivity contribution is 5.98. The van der Waals surface area contributed by atoms with Crippen LogP contribution >= 0.6 is 0 Å². The van der Waals surface area contributed by atoms with Crippen LogP contribution in [0, 0.1) is 0 Å². The Morgan fingerprint density at radius 1 is 0.973 bits per heavy atom. The molecule has 0 saturated carbocycles. The van der Waals surface area contributed by atoms with Crippen molar-refractivity contribution in [2.45, 2.75) is 59.0 Å². The van der Waals surface area contributed by atoms with Crippen molar-refractivity contribution in [3.63, 3.8) is 0 Å². The maximum Gasteiger partial charge on any atom is 0.410 e. The Hall–Kier alpha value is -3.94. The van der Waals surface area contributed by atoms with Crippen molar-refractivity contribution in [1.82, 2.24) is 9.47 Å². The van der Waals surface area contributed by atoms with Gasteiger partial charge >= 0.3 is 6.09 Å². The Labute approximate surface area is 219 Å². The van der Waals surface area contributed by atoms with E-state index >= 15 is 0 Å². The lowest BCUT2D eigenvalue weighted by Gasteiger charge is -2.34. The van der Waals surface area contributed by atoms with Gasteiger partial charge in [0.2, 0.25) is 0 Å². The summed E-state index contributed by atoms with van der Waals surface area (Å²) in [7, 11) is 0. The molecule has 1 saturated heterocycles. The molecule has 0 spiro atoms. The Morgan fingerprint density at radius 3 is 2.19 bits per heavy atom. The number of amides is 2. The molecule has 8 heteroatoms. The lowest BCUT2D eigenvalue weighted by Crippen LogP contribution is -2.42. The number of carbonyl (C=O) groups excluding carboxylic acids is 2. The molecule has 1 aliphatic heterocycles. The molecule has 37 heavy (non-hydrogen) atoms. The van der Waals surface area contributed by atoms with Gasteiger partial charge in [0.15, 0.2) is 0 Å². The Balaban J connectivity index is 0.00000186. The number of ether oxygens (including phenoxy) is 2. The molecule has 0 aliphatic carbocycles. The lowest BCUT2D eigenvalue weighted by molar-refractivity contribution is 0.0198. The lowest BCUT2D eigenvalue weighted by atomic mass is 9.91. The third kappa shape index (κ3) is 6.84. The first-order valence-electron chi connectivity index (χ1n) is 12.7. The molecule has 2 aromatic carbocycles. The summed E-state index contributed by atoms with van der Waals surface area (Å²) in [6.07, 6.45) is 3.16. The smallest absolute Gasteiger partial charge is 0.410 e. The first-order chi connectivity index (χ1) is 17.6. The van der Waals surface area contributed by atoms with Crippen LogP contribution in [-0.2, 0) is 4.74 Å². The quantitative estimate of drug-likeness (QED) is 0.435. The van der Waals surface area contributed by atoms with Gasteiger partial charge in [-0.3, -0.25) is 4.79 Å². The molecule has 0 bridgehead atoms. The number of anilines is 1. The van der Waals surface area contributed by atoms with Gasteiger partial charge in [-0.15, -0.1) is 0 Å². The fourth-order valence-corrected chi connectivity index (χ4v) is 4.34. The Kier molecular flexibility index (Phi) is 8.86.